The lowest BCUT2D eigenvalue weighted by atomic mass is 9.85. The maximum atomic E-state index is 13.4. The highest BCUT2D eigenvalue weighted by Gasteiger charge is 2.58. The summed E-state index contributed by atoms with van der Waals surface area (Å²) in [4.78, 5) is 24.7. The minimum absolute atomic E-state index is 0.214. The van der Waals surface area contributed by atoms with Crippen molar-refractivity contribution < 1.29 is 38.0 Å². The molecular weight excluding hydrogens is 645 g/mol. The van der Waals surface area contributed by atoms with Crippen molar-refractivity contribution in [3.05, 3.63) is 48.0 Å². The first-order valence-corrected chi connectivity index (χ1v) is 18.0. The molecule has 0 bridgehead atoms. The fraction of sp³-hybridized carbons (Fsp3) is 0.722. The maximum absolute atomic E-state index is 13.4. The molecule has 3 rings (SSSR count). The Morgan fingerprint density at radius 1 is 0.957 bits per heavy atom. The van der Waals surface area contributed by atoms with Crippen molar-refractivity contribution in [2.75, 3.05) is 26.9 Å². The fourth-order valence-corrected chi connectivity index (χ4v) is 6.25. The van der Waals surface area contributed by atoms with E-state index in [9.17, 15) is 9.59 Å². The Labute approximate surface area is 291 Å². The Balaban J connectivity index is 1.62. The van der Waals surface area contributed by atoms with E-state index in [1.54, 1.807) is 13.8 Å². The first-order chi connectivity index (χ1) is 22.6. The molecule has 2 fully saturated rings. The number of alkyl halides is 2. The summed E-state index contributed by atoms with van der Waals surface area (Å²) in [5.41, 5.74) is -0.781. The van der Waals surface area contributed by atoms with Gasteiger partial charge in [-0.15, -0.1) is 0 Å². The van der Waals surface area contributed by atoms with Gasteiger partial charge in [0.05, 0.1) is 39.6 Å². The van der Waals surface area contributed by atoms with Gasteiger partial charge in [-0.3, -0.25) is 4.79 Å². The minimum atomic E-state index is -1.74. The maximum Gasteiger partial charge on any atom is 0.336 e. The van der Waals surface area contributed by atoms with E-state index in [4.69, 9.17) is 51.6 Å². The van der Waals surface area contributed by atoms with Crippen molar-refractivity contribution in [1.82, 2.24) is 5.32 Å². The van der Waals surface area contributed by atoms with Gasteiger partial charge in [0, 0.05) is 12.8 Å². The van der Waals surface area contributed by atoms with Crippen LogP contribution in [-0.4, -0.2) is 73.0 Å². The van der Waals surface area contributed by atoms with Gasteiger partial charge in [0.15, 0.2) is 21.9 Å². The number of carbonyl (C=O) groups is 2. The van der Waals surface area contributed by atoms with Crippen LogP contribution in [0, 0.1) is 0 Å². The fourth-order valence-electron chi connectivity index (χ4n) is 6.14. The molecule has 266 valence electrons. The zero-order chi connectivity index (χ0) is 34.2. The number of hydrogen-bond donors (Lipinski definition) is 1. The summed E-state index contributed by atoms with van der Waals surface area (Å²) >= 11 is 11.8. The quantitative estimate of drug-likeness (QED) is 0.0607. The molecule has 0 aliphatic carbocycles. The summed E-state index contributed by atoms with van der Waals surface area (Å²) in [7, 11) is 1.24. The summed E-state index contributed by atoms with van der Waals surface area (Å²) in [6, 6.07) is 9.72. The van der Waals surface area contributed by atoms with Crippen LogP contribution in [0.15, 0.2) is 42.5 Å². The Kier molecular flexibility index (Phi) is 17.0. The second-order valence-electron chi connectivity index (χ2n) is 12.9. The smallest absolute Gasteiger partial charge is 0.336 e. The van der Waals surface area contributed by atoms with Crippen LogP contribution < -0.4 is 5.32 Å². The number of ether oxygens (including phenoxy) is 6. The summed E-state index contributed by atoms with van der Waals surface area (Å²) < 4.78 is 35.9. The Bertz CT molecular complexity index is 1100. The highest BCUT2D eigenvalue weighted by Crippen LogP contribution is 2.35. The van der Waals surface area contributed by atoms with Crippen molar-refractivity contribution >= 4 is 35.1 Å². The van der Waals surface area contributed by atoms with E-state index >= 15 is 0 Å². The van der Waals surface area contributed by atoms with Crippen molar-refractivity contribution in [1.29, 1.82) is 0 Å². The van der Waals surface area contributed by atoms with Crippen LogP contribution in [0.25, 0.3) is 0 Å². The average molecular weight is 701 g/mol. The second kappa shape index (κ2) is 20.1. The monoisotopic (exact) mass is 699 g/mol. The average Bonchev–Trinajstić information content (AvgIpc) is 3.53. The molecule has 0 aromatic heterocycles. The highest BCUT2D eigenvalue weighted by atomic mass is 35.5. The number of rotatable bonds is 21. The molecule has 47 heavy (non-hydrogen) atoms. The van der Waals surface area contributed by atoms with E-state index in [0.717, 1.165) is 56.9 Å². The molecule has 1 aromatic rings. The van der Waals surface area contributed by atoms with Crippen molar-refractivity contribution in [3.63, 3.8) is 0 Å². The lowest BCUT2D eigenvalue weighted by Crippen LogP contribution is -2.73. The molecule has 0 unspecified atom stereocenters. The summed E-state index contributed by atoms with van der Waals surface area (Å²) in [6.07, 6.45) is 15.0. The second-order valence-corrected chi connectivity index (χ2v) is 14.0. The van der Waals surface area contributed by atoms with E-state index in [1.807, 2.05) is 36.4 Å². The van der Waals surface area contributed by atoms with Crippen LogP contribution in [0.3, 0.4) is 0 Å². The van der Waals surface area contributed by atoms with Crippen LogP contribution in [0.4, 0.5) is 0 Å². The van der Waals surface area contributed by atoms with Gasteiger partial charge in [0.25, 0.3) is 5.91 Å². The molecule has 0 radical (unpaired) electrons. The number of carbonyl (C=O) groups excluding carboxylic acids is 2. The Morgan fingerprint density at radius 3 is 2.26 bits per heavy atom. The Hall–Kier alpha value is -1.72. The molecular formula is C36H55Cl2NO8. The number of allylic oxidation sites excluding steroid dienone is 1. The summed E-state index contributed by atoms with van der Waals surface area (Å²) in [6.45, 7) is 7.16. The number of halogens is 2. The van der Waals surface area contributed by atoms with Crippen LogP contribution in [-0.2, 0) is 44.6 Å². The van der Waals surface area contributed by atoms with Crippen LogP contribution >= 0.6 is 23.2 Å². The standard InChI is InChI=1S/C36H55Cl2NO8/c1-5-6-7-17-22-35(44-24-25-45-35)23-18-12-10-8-9-11-16-21-29(43-26-28-19-14-13-15-20-28)30-36(33(41)42-4,39-32(40)31(37)38)27-46-34(2,3)47-30/h11,13-16,19-20,29-31H,5-10,12,17-18,21-27H2,1-4H3,(H,39,40)/b16-11-/t29-,30+,36+/m1/s1. The molecule has 11 heteroatoms. The van der Waals surface area contributed by atoms with Crippen molar-refractivity contribution in [2.45, 2.75) is 139 Å². The largest absolute Gasteiger partial charge is 0.467 e. The van der Waals surface area contributed by atoms with Gasteiger partial charge in [-0.1, -0.05) is 105 Å². The number of hydrogen-bond acceptors (Lipinski definition) is 8. The predicted octanol–water partition coefficient (Wildman–Crippen LogP) is 7.56. The molecule has 1 N–H and O–H groups in total. The van der Waals surface area contributed by atoms with Gasteiger partial charge in [-0.25, -0.2) is 4.79 Å². The molecule has 9 nitrogen and oxygen atoms in total. The van der Waals surface area contributed by atoms with E-state index in [-0.39, 0.29) is 19.0 Å². The molecule has 1 aromatic carbocycles. The SMILES string of the molecule is CCCCCCC1(CCCCCC/C=C\C[C@@H](OCc2ccccc2)[C@@H]2OC(C)(C)OC[C@@]2(NC(=O)C(Cl)Cl)C(=O)OC)OCCO1. The van der Waals surface area contributed by atoms with E-state index in [2.05, 4.69) is 18.3 Å². The van der Waals surface area contributed by atoms with Gasteiger partial charge < -0.3 is 33.7 Å². The van der Waals surface area contributed by atoms with Gasteiger partial charge in [0.2, 0.25) is 0 Å². The highest BCUT2D eigenvalue weighted by molar-refractivity contribution is 6.53. The van der Waals surface area contributed by atoms with Gasteiger partial charge in [0.1, 0.15) is 6.10 Å². The lowest BCUT2D eigenvalue weighted by molar-refractivity contribution is -0.317. The number of unbranched alkanes of at least 4 members (excludes halogenated alkanes) is 7. The van der Waals surface area contributed by atoms with E-state index < -0.39 is 40.2 Å². The number of nitrogens with one attached hydrogen (secondary N) is 1. The third-order valence-electron chi connectivity index (χ3n) is 8.72. The number of benzene rings is 1. The first-order valence-electron chi connectivity index (χ1n) is 17.2. The van der Waals surface area contributed by atoms with Crippen LogP contribution in [0.5, 0.6) is 0 Å². The third-order valence-corrected chi connectivity index (χ3v) is 9.12. The molecule has 0 spiro atoms. The number of amides is 1. The normalized spacial score (nSPS) is 22.8. The van der Waals surface area contributed by atoms with Crippen LogP contribution in [0.2, 0.25) is 0 Å². The molecule has 0 saturated carbocycles. The minimum Gasteiger partial charge on any atom is -0.467 e. The van der Waals surface area contributed by atoms with Crippen molar-refractivity contribution in [3.8, 4) is 0 Å². The number of methoxy groups -OCH3 is 1. The third kappa shape index (κ3) is 12.6. The zero-order valence-electron chi connectivity index (χ0n) is 28.6. The number of esters is 1. The van der Waals surface area contributed by atoms with Crippen molar-refractivity contribution in [2.24, 2.45) is 0 Å². The first kappa shape index (κ1) is 39.7. The molecule has 2 saturated heterocycles. The van der Waals surface area contributed by atoms with Gasteiger partial charge in [-0.05, 0) is 51.5 Å². The van der Waals surface area contributed by atoms with Crippen LogP contribution in [0.1, 0.15) is 103 Å². The summed E-state index contributed by atoms with van der Waals surface area (Å²) in [5, 5.41) is 2.67. The lowest BCUT2D eigenvalue weighted by Gasteiger charge is -2.49. The zero-order valence-corrected chi connectivity index (χ0v) is 30.1. The topological polar surface area (TPSA) is 102 Å². The van der Waals surface area contributed by atoms with Gasteiger partial charge >= 0.3 is 5.97 Å². The molecule has 2 aliphatic heterocycles. The molecule has 3 atom stereocenters. The molecule has 1 amide bonds. The van der Waals surface area contributed by atoms with Gasteiger partial charge in [-0.2, -0.15) is 0 Å². The molecule has 2 aliphatic rings. The van der Waals surface area contributed by atoms with E-state index in [0.29, 0.717) is 19.6 Å². The predicted molar refractivity (Wildman–Crippen MR) is 183 cm³/mol. The molecule has 2 heterocycles. The summed E-state index contributed by atoms with van der Waals surface area (Å²) in [5.74, 6) is -2.94. The van der Waals surface area contributed by atoms with E-state index in [1.165, 1.54) is 26.4 Å². The Morgan fingerprint density at radius 2 is 1.62 bits per heavy atom.